The van der Waals surface area contributed by atoms with Crippen LogP contribution in [0.4, 0.5) is 10.1 Å². The summed E-state index contributed by atoms with van der Waals surface area (Å²) in [5, 5.41) is 15.4. The van der Waals surface area contributed by atoms with Gasteiger partial charge in [0, 0.05) is 23.8 Å². The van der Waals surface area contributed by atoms with Crippen molar-refractivity contribution in [1.29, 1.82) is 0 Å². The summed E-state index contributed by atoms with van der Waals surface area (Å²) in [7, 11) is 0. The molecule has 6 nitrogen and oxygen atoms in total. The molecule has 0 aliphatic rings. The Hall–Kier alpha value is -3.06. The van der Waals surface area contributed by atoms with Crippen molar-refractivity contribution in [2.45, 2.75) is 19.8 Å². The van der Waals surface area contributed by atoms with E-state index in [0.717, 1.165) is 10.7 Å². The molecule has 0 N–H and O–H groups in total. The molecule has 0 saturated heterocycles. The summed E-state index contributed by atoms with van der Waals surface area (Å²) in [5.74, 6) is -0.659. The first-order valence-electron chi connectivity index (χ1n) is 8.12. The van der Waals surface area contributed by atoms with E-state index in [9.17, 15) is 19.3 Å². The van der Waals surface area contributed by atoms with Gasteiger partial charge >= 0.3 is 0 Å². The molecule has 3 rings (SSSR count). The quantitative estimate of drug-likeness (QED) is 0.479. The van der Waals surface area contributed by atoms with Crippen LogP contribution in [-0.4, -0.2) is 14.7 Å². The van der Waals surface area contributed by atoms with Crippen LogP contribution in [0.15, 0.2) is 53.3 Å². The highest BCUT2D eigenvalue weighted by atomic mass is 35.5. The topological polar surface area (TPSA) is 78.0 Å². The third-order valence-electron chi connectivity index (χ3n) is 4.02. The monoisotopic (exact) mass is 387 g/mol. The molecule has 0 saturated carbocycles. The Labute approximate surface area is 159 Å². The van der Waals surface area contributed by atoms with Gasteiger partial charge in [-0.15, -0.1) is 0 Å². The summed E-state index contributed by atoms with van der Waals surface area (Å²) in [4.78, 5) is 23.2. The third kappa shape index (κ3) is 3.73. The van der Waals surface area contributed by atoms with E-state index in [1.165, 1.54) is 30.3 Å². The summed E-state index contributed by atoms with van der Waals surface area (Å²) in [6, 6.07) is 11.3. The molecule has 0 unspecified atom stereocenters. The lowest BCUT2D eigenvalue weighted by molar-refractivity contribution is -0.384. The molecule has 0 atom stereocenters. The number of hydrogen-bond acceptors (Lipinski definition) is 4. The first-order chi connectivity index (χ1) is 12.8. The molecular weight excluding hydrogens is 373 g/mol. The minimum atomic E-state index is -0.592. The van der Waals surface area contributed by atoms with Gasteiger partial charge in [-0.1, -0.05) is 37.6 Å². The second-order valence-corrected chi connectivity index (χ2v) is 6.66. The van der Waals surface area contributed by atoms with E-state index in [-0.39, 0.29) is 16.6 Å². The van der Waals surface area contributed by atoms with Crippen LogP contribution in [0.3, 0.4) is 0 Å². The van der Waals surface area contributed by atoms with Crippen LogP contribution in [0.2, 0.25) is 5.02 Å². The average molecular weight is 388 g/mol. The largest absolute Gasteiger partial charge is 0.272 e. The number of nitro groups is 1. The Morgan fingerprint density at radius 1 is 1.19 bits per heavy atom. The molecule has 3 aromatic rings. The maximum absolute atomic E-state index is 13.4. The van der Waals surface area contributed by atoms with Gasteiger partial charge < -0.3 is 0 Å². The molecule has 138 valence electrons. The van der Waals surface area contributed by atoms with Gasteiger partial charge in [0.25, 0.3) is 11.2 Å². The molecule has 1 aromatic heterocycles. The van der Waals surface area contributed by atoms with E-state index in [1.54, 1.807) is 12.1 Å². The van der Waals surface area contributed by atoms with Gasteiger partial charge in [-0.2, -0.15) is 9.78 Å². The fourth-order valence-electron chi connectivity index (χ4n) is 2.72. The molecular formula is C19H15ClFN3O3. The molecule has 0 amide bonds. The van der Waals surface area contributed by atoms with E-state index < -0.39 is 16.3 Å². The molecule has 0 spiro atoms. The molecule has 1 heterocycles. The van der Waals surface area contributed by atoms with Crippen LogP contribution in [0.5, 0.6) is 0 Å². The maximum atomic E-state index is 13.4. The van der Waals surface area contributed by atoms with Gasteiger partial charge in [0.15, 0.2) is 0 Å². The Kier molecular flexibility index (Phi) is 5.05. The highest BCUT2D eigenvalue weighted by Crippen LogP contribution is 2.29. The Morgan fingerprint density at radius 3 is 2.56 bits per heavy atom. The van der Waals surface area contributed by atoms with Crippen molar-refractivity contribution < 1.29 is 9.31 Å². The Morgan fingerprint density at radius 2 is 1.93 bits per heavy atom. The molecule has 0 aliphatic carbocycles. The first-order valence-corrected chi connectivity index (χ1v) is 8.50. The number of nitrogens with zero attached hydrogens (tertiary/aromatic N) is 3. The molecule has 0 fully saturated rings. The predicted molar refractivity (Wildman–Crippen MR) is 101 cm³/mol. The molecule has 0 radical (unpaired) electrons. The number of aromatic nitrogens is 2. The van der Waals surface area contributed by atoms with Crippen LogP contribution >= 0.6 is 11.6 Å². The standard InChI is InChI=1S/C19H15ClFN3O3/c1-11(2)19-15(12-4-3-5-14(8-12)24(26)27)10-18(25)23(22-19)13-6-7-17(21)16(20)9-13/h3-11H,1-2H3. The Bertz CT molecular complexity index is 1100. The first kappa shape index (κ1) is 18.7. The van der Waals surface area contributed by atoms with Crippen LogP contribution in [0, 0.1) is 15.9 Å². The van der Waals surface area contributed by atoms with Gasteiger partial charge in [0.2, 0.25) is 0 Å². The fraction of sp³-hybridized carbons (Fsp3) is 0.158. The molecule has 27 heavy (non-hydrogen) atoms. The van der Waals surface area contributed by atoms with E-state index in [1.807, 2.05) is 13.8 Å². The Balaban J connectivity index is 2.21. The zero-order valence-electron chi connectivity index (χ0n) is 14.5. The van der Waals surface area contributed by atoms with E-state index >= 15 is 0 Å². The summed E-state index contributed by atoms with van der Waals surface area (Å²) in [6.45, 7) is 3.80. The lowest BCUT2D eigenvalue weighted by Crippen LogP contribution is -2.23. The zero-order chi connectivity index (χ0) is 19.7. The number of rotatable bonds is 4. The SMILES string of the molecule is CC(C)c1nn(-c2ccc(F)c(Cl)c2)c(=O)cc1-c1cccc([N+](=O)[O-])c1. The summed E-state index contributed by atoms with van der Waals surface area (Å²) < 4.78 is 14.6. The minimum absolute atomic E-state index is 0.0676. The van der Waals surface area contributed by atoms with Crippen LogP contribution in [0.1, 0.15) is 25.5 Å². The van der Waals surface area contributed by atoms with Crippen molar-refractivity contribution in [1.82, 2.24) is 9.78 Å². The van der Waals surface area contributed by atoms with Crippen molar-refractivity contribution >= 4 is 17.3 Å². The third-order valence-corrected chi connectivity index (χ3v) is 4.31. The van der Waals surface area contributed by atoms with E-state index in [0.29, 0.717) is 22.5 Å². The number of benzene rings is 2. The van der Waals surface area contributed by atoms with Crippen molar-refractivity contribution in [2.75, 3.05) is 0 Å². The molecule has 0 bridgehead atoms. The molecule has 0 aliphatic heterocycles. The summed E-state index contributed by atoms with van der Waals surface area (Å²) >= 11 is 5.81. The second kappa shape index (κ2) is 7.28. The number of nitro benzene ring substituents is 1. The lowest BCUT2D eigenvalue weighted by atomic mass is 9.98. The second-order valence-electron chi connectivity index (χ2n) is 6.25. The van der Waals surface area contributed by atoms with E-state index in [4.69, 9.17) is 11.6 Å². The smallest absolute Gasteiger partial charge is 0.267 e. The lowest BCUT2D eigenvalue weighted by Gasteiger charge is -2.15. The van der Waals surface area contributed by atoms with Crippen LogP contribution in [-0.2, 0) is 0 Å². The van der Waals surface area contributed by atoms with Crippen molar-refractivity contribution in [3.05, 3.63) is 85.5 Å². The summed E-state index contributed by atoms with van der Waals surface area (Å²) in [5.41, 5.74) is 1.43. The minimum Gasteiger partial charge on any atom is -0.267 e. The highest BCUT2D eigenvalue weighted by Gasteiger charge is 2.17. The van der Waals surface area contributed by atoms with Gasteiger partial charge in [-0.25, -0.2) is 4.39 Å². The molecule has 2 aromatic carbocycles. The number of halogens is 2. The van der Waals surface area contributed by atoms with E-state index in [2.05, 4.69) is 5.10 Å². The predicted octanol–water partition coefficient (Wildman–Crippen LogP) is 4.72. The molecule has 8 heteroatoms. The van der Waals surface area contributed by atoms with Gasteiger partial charge in [0.05, 0.1) is 21.3 Å². The fourth-order valence-corrected chi connectivity index (χ4v) is 2.89. The number of non-ortho nitro benzene ring substituents is 1. The van der Waals surface area contributed by atoms with Gasteiger partial charge in [0.1, 0.15) is 5.82 Å². The number of hydrogen-bond donors (Lipinski definition) is 0. The highest BCUT2D eigenvalue weighted by molar-refractivity contribution is 6.30. The zero-order valence-corrected chi connectivity index (χ0v) is 15.3. The van der Waals surface area contributed by atoms with Crippen LogP contribution < -0.4 is 5.56 Å². The van der Waals surface area contributed by atoms with Crippen LogP contribution in [0.25, 0.3) is 16.8 Å². The van der Waals surface area contributed by atoms with Crippen molar-refractivity contribution in [2.24, 2.45) is 0 Å². The van der Waals surface area contributed by atoms with Gasteiger partial charge in [-0.05, 0) is 29.7 Å². The maximum Gasteiger partial charge on any atom is 0.272 e. The van der Waals surface area contributed by atoms with Crippen molar-refractivity contribution in [3.63, 3.8) is 0 Å². The summed E-state index contributed by atoms with van der Waals surface area (Å²) in [6.07, 6.45) is 0. The average Bonchev–Trinajstić information content (AvgIpc) is 2.63. The normalized spacial score (nSPS) is 11.0. The van der Waals surface area contributed by atoms with Gasteiger partial charge in [-0.3, -0.25) is 14.9 Å². The van der Waals surface area contributed by atoms with Crippen molar-refractivity contribution in [3.8, 4) is 16.8 Å².